The molecule has 0 aromatic rings. The molecule has 0 bridgehead atoms. The lowest BCUT2D eigenvalue weighted by molar-refractivity contribution is -0.121. The largest absolute Gasteiger partial charge is 0.299 e. The molecule has 0 heterocycles. The fraction of sp³-hybridized carbons (Fsp3) is 0.700. The molecule has 0 aliphatic heterocycles. The molecule has 0 saturated carbocycles. The van der Waals surface area contributed by atoms with E-state index < -0.39 is 0 Å². The highest BCUT2D eigenvalue weighted by Gasteiger charge is 2.10. The van der Waals surface area contributed by atoms with Gasteiger partial charge in [0.25, 0.3) is 0 Å². The second kappa shape index (κ2) is 5.11. The zero-order valence-corrected chi connectivity index (χ0v) is 7.81. The van der Waals surface area contributed by atoms with Crippen LogP contribution in [0, 0.1) is 5.92 Å². The van der Waals surface area contributed by atoms with Crippen molar-refractivity contribution in [2.24, 2.45) is 5.92 Å². The summed E-state index contributed by atoms with van der Waals surface area (Å²) in [4.78, 5) is 11.3. The van der Waals surface area contributed by atoms with Crippen molar-refractivity contribution in [3.63, 3.8) is 0 Å². The lowest BCUT2D eigenvalue weighted by Gasteiger charge is -2.07. The molecule has 0 rings (SSSR count). The van der Waals surface area contributed by atoms with Gasteiger partial charge in [-0.3, -0.25) is 4.79 Å². The predicted molar refractivity (Wildman–Crippen MR) is 48.5 cm³/mol. The van der Waals surface area contributed by atoms with Crippen molar-refractivity contribution in [2.75, 3.05) is 0 Å². The Bertz CT molecular complexity index is 147. The average molecular weight is 154 g/mol. The van der Waals surface area contributed by atoms with Gasteiger partial charge in [-0.2, -0.15) is 0 Å². The standard InChI is InChI=1S/C10H18O/c1-5-8(3)7-10(11)9(4)6-2/h9H,3,5-7H2,1-2,4H3. The Balaban J connectivity index is 3.77. The van der Waals surface area contributed by atoms with Crippen LogP contribution in [0.25, 0.3) is 0 Å². The molecule has 0 spiro atoms. The van der Waals surface area contributed by atoms with Crippen molar-refractivity contribution in [3.8, 4) is 0 Å². The fourth-order valence-corrected chi connectivity index (χ4v) is 0.773. The molecule has 0 fully saturated rings. The van der Waals surface area contributed by atoms with Crippen LogP contribution in [0.4, 0.5) is 0 Å². The molecule has 0 radical (unpaired) electrons. The fourth-order valence-electron chi connectivity index (χ4n) is 0.773. The Hall–Kier alpha value is -0.590. The zero-order chi connectivity index (χ0) is 8.85. The Labute approximate surface area is 69.5 Å². The molecule has 1 heteroatoms. The molecule has 1 atom stereocenters. The van der Waals surface area contributed by atoms with Gasteiger partial charge >= 0.3 is 0 Å². The molecular weight excluding hydrogens is 136 g/mol. The molecule has 0 saturated heterocycles. The van der Waals surface area contributed by atoms with Crippen LogP contribution in [0.3, 0.4) is 0 Å². The SMILES string of the molecule is C=C(CC)CC(=O)C(C)CC. The molecule has 0 aromatic heterocycles. The summed E-state index contributed by atoms with van der Waals surface area (Å²) in [5, 5.41) is 0. The third kappa shape index (κ3) is 3.97. The summed E-state index contributed by atoms with van der Waals surface area (Å²) in [6.45, 7) is 9.86. The minimum atomic E-state index is 0.207. The quantitative estimate of drug-likeness (QED) is 0.556. The first-order chi connectivity index (χ1) is 5.11. The third-order valence-corrected chi connectivity index (χ3v) is 2.09. The topological polar surface area (TPSA) is 17.1 Å². The number of ketones is 1. The minimum Gasteiger partial charge on any atom is -0.299 e. The molecule has 11 heavy (non-hydrogen) atoms. The Morgan fingerprint density at radius 2 is 2.00 bits per heavy atom. The molecule has 0 N–H and O–H groups in total. The highest BCUT2D eigenvalue weighted by Crippen LogP contribution is 2.11. The second-order valence-corrected chi connectivity index (χ2v) is 3.06. The molecule has 0 amide bonds. The number of Topliss-reactive ketones (excluding diaryl/α,β-unsaturated/α-hetero) is 1. The van der Waals surface area contributed by atoms with E-state index in [2.05, 4.69) is 6.58 Å². The van der Waals surface area contributed by atoms with Crippen LogP contribution in [0.15, 0.2) is 12.2 Å². The molecule has 1 nitrogen and oxygen atoms in total. The predicted octanol–water partition coefficient (Wildman–Crippen LogP) is 2.96. The lowest BCUT2D eigenvalue weighted by atomic mass is 9.97. The van der Waals surface area contributed by atoms with E-state index in [1.165, 1.54) is 0 Å². The third-order valence-electron chi connectivity index (χ3n) is 2.09. The Kier molecular flexibility index (Phi) is 4.84. The van der Waals surface area contributed by atoms with Crippen molar-refractivity contribution in [2.45, 2.75) is 40.0 Å². The van der Waals surface area contributed by atoms with Gasteiger partial charge in [0.05, 0.1) is 0 Å². The highest BCUT2D eigenvalue weighted by atomic mass is 16.1. The summed E-state index contributed by atoms with van der Waals surface area (Å²) in [7, 11) is 0. The number of allylic oxidation sites excluding steroid dienone is 1. The second-order valence-electron chi connectivity index (χ2n) is 3.06. The van der Waals surface area contributed by atoms with Crippen molar-refractivity contribution in [1.82, 2.24) is 0 Å². The van der Waals surface area contributed by atoms with E-state index in [1.54, 1.807) is 0 Å². The van der Waals surface area contributed by atoms with Crippen molar-refractivity contribution >= 4 is 5.78 Å². The van der Waals surface area contributed by atoms with Crippen molar-refractivity contribution in [3.05, 3.63) is 12.2 Å². The molecule has 0 aliphatic rings. The van der Waals surface area contributed by atoms with E-state index in [1.807, 2.05) is 20.8 Å². The van der Waals surface area contributed by atoms with Gasteiger partial charge < -0.3 is 0 Å². The first-order valence-electron chi connectivity index (χ1n) is 4.31. The van der Waals surface area contributed by atoms with Gasteiger partial charge in [-0.15, -0.1) is 0 Å². The molecular formula is C10H18O. The maximum Gasteiger partial charge on any atom is 0.139 e. The summed E-state index contributed by atoms with van der Waals surface area (Å²) in [6.07, 6.45) is 2.43. The maximum absolute atomic E-state index is 11.3. The highest BCUT2D eigenvalue weighted by molar-refractivity contribution is 5.82. The number of hydrogen-bond acceptors (Lipinski definition) is 1. The van der Waals surface area contributed by atoms with Gasteiger partial charge in [0.15, 0.2) is 0 Å². The van der Waals surface area contributed by atoms with E-state index in [0.717, 1.165) is 18.4 Å². The van der Waals surface area contributed by atoms with Gasteiger partial charge in [0, 0.05) is 12.3 Å². The van der Waals surface area contributed by atoms with Crippen molar-refractivity contribution < 1.29 is 4.79 Å². The summed E-state index contributed by atoms with van der Waals surface area (Å²) in [5.41, 5.74) is 1.05. The van der Waals surface area contributed by atoms with E-state index in [-0.39, 0.29) is 5.92 Å². The van der Waals surface area contributed by atoms with Gasteiger partial charge in [0.1, 0.15) is 5.78 Å². The Morgan fingerprint density at radius 1 is 1.45 bits per heavy atom. The van der Waals surface area contributed by atoms with Crippen molar-refractivity contribution in [1.29, 1.82) is 0 Å². The monoisotopic (exact) mass is 154 g/mol. The molecule has 0 aromatic carbocycles. The summed E-state index contributed by atoms with van der Waals surface area (Å²) < 4.78 is 0. The van der Waals surface area contributed by atoms with Gasteiger partial charge in [-0.05, 0) is 12.8 Å². The van der Waals surface area contributed by atoms with Crippen LogP contribution in [0.2, 0.25) is 0 Å². The molecule has 64 valence electrons. The summed E-state index contributed by atoms with van der Waals surface area (Å²) in [5.74, 6) is 0.539. The van der Waals surface area contributed by atoms with E-state index in [9.17, 15) is 4.79 Å². The van der Waals surface area contributed by atoms with Crippen LogP contribution in [-0.2, 0) is 4.79 Å². The van der Waals surface area contributed by atoms with Crippen LogP contribution >= 0.6 is 0 Å². The Morgan fingerprint density at radius 3 is 2.36 bits per heavy atom. The number of hydrogen-bond donors (Lipinski definition) is 0. The van der Waals surface area contributed by atoms with Gasteiger partial charge in [-0.1, -0.05) is 32.9 Å². The zero-order valence-electron chi connectivity index (χ0n) is 7.81. The number of rotatable bonds is 5. The van der Waals surface area contributed by atoms with E-state index >= 15 is 0 Å². The van der Waals surface area contributed by atoms with Gasteiger partial charge in [-0.25, -0.2) is 0 Å². The van der Waals surface area contributed by atoms with Crippen LogP contribution in [-0.4, -0.2) is 5.78 Å². The lowest BCUT2D eigenvalue weighted by Crippen LogP contribution is -2.09. The average Bonchev–Trinajstić information content (AvgIpc) is 2.02. The number of carbonyl (C=O) groups excluding carboxylic acids is 1. The van der Waals surface area contributed by atoms with E-state index in [0.29, 0.717) is 12.2 Å². The summed E-state index contributed by atoms with van der Waals surface area (Å²) in [6, 6.07) is 0. The first-order valence-corrected chi connectivity index (χ1v) is 4.31. The minimum absolute atomic E-state index is 0.207. The molecule has 1 unspecified atom stereocenters. The van der Waals surface area contributed by atoms with Gasteiger partial charge in [0.2, 0.25) is 0 Å². The van der Waals surface area contributed by atoms with Crippen LogP contribution in [0.5, 0.6) is 0 Å². The van der Waals surface area contributed by atoms with Crippen LogP contribution < -0.4 is 0 Å². The van der Waals surface area contributed by atoms with Crippen LogP contribution in [0.1, 0.15) is 40.0 Å². The molecule has 0 aliphatic carbocycles. The summed E-state index contributed by atoms with van der Waals surface area (Å²) >= 11 is 0. The first kappa shape index (κ1) is 10.4. The number of carbonyl (C=O) groups is 1. The normalized spacial score (nSPS) is 12.6. The van der Waals surface area contributed by atoms with E-state index in [4.69, 9.17) is 0 Å². The smallest absolute Gasteiger partial charge is 0.139 e. The maximum atomic E-state index is 11.3.